The Morgan fingerprint density at radius 2 is 1.90 bits per heavy atom. The number of nitrogens with one attached hydrogen (secondary N) is 1. The SMILES string of the molecule is NC(=O)NC(=O)CCS(=O)(=O)c1ccc(C(F)(F)F)cn1. The third kappa shape index (κ3) is 5.02. The molecule has 116 valence electrons. The second kappa shape index (κ2) is 6.08. The minimum absolute atomic E-state index is 0.385. The second-order valence-electron chi connectivity index (χ2n) is 3.86. The number of rotatable bonds is 4. The van der Waals surface area contributed by atoms with Gasteiger partial charge < -0.3 is 5.73 Å². The first-order valence-corrected chi connectivity index (χ1v) is 7.03. The van der Waals surface area contributed by atoms with Gasteiger partial charge in [-0.05, 0) is 12.1 Å². The van der Waals surface area contributed by atoms with Crippen LogP contribution in [0.2, 0.25) is 0 Å². The average molecular weight is 325 g/mol. The lowest BCUT2D eigenvalue weighted by atomic mass is 10.3. The minimum Gasteiger partial charge on any atom is -0.351 e. The first kappa shape index (κ1) is 16.9. The van der Waals surface area contributed by atoms with Gasteiger partial charge in [-0.25, -0.2) is 18.2 Å². The number of halogens is 3. The number of amides is 3. The van der Waals surface area contributed by atoms with Crippen LogP contribution < -0.4 is 11.1 Å². The maximum Gasteiger partial charge on any atom is 0.417 e. The van der Waals surface area contributed by atoms with E-state index in [-0.39, 0.29) is 0 Å². The number of nitrogens with zero attached hydrogens (tertiary/aromatic N) is 1. The molecular formula is C10H10F3N3O4S. The van der Waals surface area contributed by atoms with Crippen molar-refractivity contribution in [2.75, 3.05) is 5.75 Å². The summed E-state index contributed by atoms with van der Waals surface area (Å²) in [5.41, 5.74) is 3.57. The van der Waals surface area contributed by atoms with E-state index in [1.165, 1.54) is 0 Å². The van der Waals surface area contributed by atoms with Crippen molar-refractivity contribution in [1.82, 2.24) is 10.3 Å². The lowest BCUT2D eigenvalue weighted by molar-refractivity contribution is -0.137. The van der Waals surface area contributed by atoms with E-state index in [2.05, 4.69) is 10.7 Å². The van der Waals surface area contributed by atoms with Gasteiger partial charge in [0, 0.05) is 12.6 Å². The molecule has 0 atom stereocenters. The van der Waals surface area contributed by atoms with E-state index in [9.17, 15) is 31.2 Å². The van der Waals surface area contributed by atoms with Crippen LogP contribution in [0.3, 0.4) is 0 Å². The number of sulfone groups is 1. The molecule has 0 spiro atoms. The van der Waals surface area contributed by atoms with Gasteiger partial charge in [-0.1, -0.05) is 0 Å². The lowest BCUT2D eigenvalue weighted by Crippen LogP contribution is -2.35. The number of primary amides is 1. The minimum atomic E-state index is -4.63. The maximum atomic E-state index is 12.3. The van der Waals surface area contributed by atoms with Crippen LogP contribution in [0, 0.1) is 0 Å². The molecule has 0 fully saturated rings. The molecule has 0 aliphatic heterocycles. The molecule has 0 aliphatic rings. The van der Waals surface area contributed by atoms with E-state index < -0.39 is 50.7 Å². The summed E-state index contributed by atoms with van der Waals surface area (Å²) in [7, 11) is -4.04. The Kier molecular flexibility index (Phi) is 4.88. The summed E-state index contributed by atoms with van der Waals surface area (Å²) in [6.07, 6.45) is -4.82. The Bertz CT molecular complexity index is 641. The van der Waals surface area contributed by atoms with Gasteiger partial charge in [0.25, 0.3) is 0 Å². The number of imide groups is 1. The average Bonchev–Trinajstić information content (AvgIpc) is 2.35. The standard InChI is InChI=1S/C10H10F3N3O4S/c11-10(12,13)6-1-2-8(15-5-6)21(19,20)4-3-7(17)16-9(14)18/h1-2,5H,3-4H2,(H3,14,16,17,18). The van der Waals surface area contributed by atoms with Gasteiger partial charge in [-0.15, -0.1) is 0 Å². The Hall–Kier alpha value is -2.17. The van der Waals surface area contributed by atoms with Crippen LogP contribution in [0.4, 0.5) is 18.0 Å². The van der Waals surface area contributed by atoms with Crippen LogP contribution in [0.25, 0.3) is 0 Å². The van der Waals surface area contributed by atoms with Crippen LogP contribution >= 0.6 is 0 Å². The van der Waals surface area contributed by atoms with Crippen molar-refractivity contribution in [3.8, 4) is 0 Å². The summed E-state index contributed by atoms with van der Waals surface area (Å²) in [5, 5.41) is 1.07. The van der Waals surface area contributed by atoms with Gasteiger partial charge in [0.15, 0.2) is 14.9 Å². The number of aromatic nitrogens is 1. The number of hydrogen-bond acceptors (Lipinski definition) is 5. The molecule has 11 heteroatoms. The van der Waals surface area contributed by atoms with Crippen molar-refractivity contribution >= 4 is 21.8 Å². The molecule has 0 unspecified atom stereocenters. The first-order valence-electron chi connectivity index (χ1n) is 5.37. The molecule has 0 aliphatic carbocycles. The summed E-state index contributed by atoms with van der Waals surface area (Å²) >= 11 is 0. The quantitative estimate of drug-likeness (QED) is 0.833. The van der Waals surface area contributed by atoms with Gasteiger partial charge in [0.05, 0.1) is 11.3 Å². The first-order chi connectivity index (χ1) is 9.52. The number of pyridine rings is 1. The topological polar surface area (TPSA) is 119 Å². The summed E-state index contributed by atoms with van der Waals surface area (Å²) in [6, 6.07) is 0.137. The molecule has 1 aromatic rings. The summed E-state index contributed by atoms with van der Waals surface area (Å²) in [6.45, 7) is 0. The van der Waals surface area contributed by atoms with Crippen molar-refractivity contribution in [3.63, 3.8) is 0 Å². The zero-order chi connectivity index (χ0) is 16.3. The third-order valence-electron chi connectivity index (χ3n) is 2.24. The molecule has 1 aromatic heterocycles. The van der Waals surface area contributed by atoms with Crippen molar-refractivity contribution in [2.45, 2.75) is 17.6 Å². The van der Waals surface area contributed by atoms with Crippen LogP contribution in [0.15, 0.2) is 23.4 Å². The molecule has 3 N–H and O–H groups in total. The molecule has 21 heavy (non-hydrogen) atoms. The second-order valence-corrected chi connectivity index (χ2v) is 5.92. The van der Waals surface area contributed by atoms with Crippen LogP contribution in [-0.2, 0) is 20.8 Å². The van der Waals surface area contributed by atoms with Gasteiger partial charge in [0.2, 0.25) is 5.91 Å². The fraction of sp³-hybridized carbons (Fsp3) is 0.300. The number of carbonyl (C=O) groups is 2. The molecule has 0 radical (unpaired) electrons. The Labute approximate surface area is 117 Å². The highest BCUT2D eigenvalue weighted by Crippen LogP contribution is 2.28. The molecule has 7 nitrogen and oxygen atoms in total. The summed E-state index contributed by atoms with van der Waals surface area (Å²) in [5.74, 6) is -1.64. The predicted octanol–water partition coefficient (Wildman–Crippen LogP) is 0.459. The maximum absolute atomic E-state index is 12.3. The fourth-order valence-corrected chi connectivity index (χ4v) is 2.42. The Morgan fingerprint density at radius 3 is 2.33 bits per heavy atom. The van der Waals surface area contributed by atoms with Gasteiger partial charge >= 0.3 is 12.2 Å². The fourth-order valence-electron chi connectivity index (χ4n) is 1.26. The van der Waals surface area contributed by atoms with Crippen LogP contribution in [-0.4, -0.2) is 31.1 Å². The van der Waals surface area contributed by atoms with Crippen LogP contribution in [0.1, 0.15) is 12.0 Å². The normalized spacial score (nSPS) is 12.0. The smallest absolute Gasteiger partial charge is 0.351 e. The number of hydrogen-bond donors (Lipinski definition) is 2. The zero-order valence-electron chi connectivity index (χ0n) is 10.3. The van der Waals surface area contributed by atoms with E-state index >= 15 is 0 Å². The number of nitrogens with two attached hydrogens (primary N) is 1. The molecule has 1 heterocycles. The molecule has 1 rings (SSSR count). The molecule has 0 saturated heterocycles. The number of urea groups is 1. The zero-order valence-corrected chi connectivity index (χ0v) is 11.2. The van der Waals surface area contributed by atoms with Crippen molar-refractivity contribution in [1.29, 1.82) is 0 Å². The highest BCUT2D eigenvalue weighted by Gasteiger charge is 2.31. The Morgan fingerprint density at radius 1 is 1.29 bits per heavy atom. The Balaban J connectivity index is 2.79. The lowest BCUT2D eigenvalue weighted by Gasteiger charge is -2.07. The van der Waals surface area contributed by atoms with Crippen molar-refractivity contribution in [3.05, 3.63) is 23.9 Å². The van der Waals surface area contributed by atoms with E-state index in [4.69, 9.17) is 0 Å². The van der Waals surface area contributed by atoms with Crippen molar-refractivity contribution in [2.24, 2.45) is 5.73 Å². The highest BCUT2D eigenvalue weighted by molar-refractivity contribution is 7.91. The van der Waals surface area contributed by atoms with Gasteiger partial charge in [0.1, 0.15) is 0 Å². The van der Waals surface area contributed by atoms with Gasteiger partial charge in [-0.2, -0.15) is 13.2 Å². The molecule has 3 amide bonds. The number of alkyl halides is 3. The monoisotopic (exact) mass is 325 g/mol. The van der Waals surface area contributed by atoms with E-state index in [0.717, 1.165) is 0 Å². The summed E-state index contributed by atoms with van der Waals surface area (Å²) < 4.78 is 60.4. The predicted molar refractivity (Wildman–Crippen MR) is 63.6 cm³/mol. The van der Waals surface area contributed by atoms with E-state index in [1.807, 2.05) is 0 Å². The van der Waals surface area contributed by atoms with Crippen LogP contribution in [0.5, 0.6) is 0 Å². The largest absolute Gasteiger partial charge is 0.417 e. The summed E-state index contributed by atoms with van der Waals surface area (Å²) in [4.78, 5) is 24.7. The highest BCUT2D eigenvalue weighted by atomic mass is 32.2. The molecule has 0 bridgehead atoms. The molecular weight excluding hydrogens is 315 g/mol. The van der Waals surface area contributed by atoms with Gasteiger partial charge in [-0.3, -0.25) is 10.1 Å². The van der Waals surface area contributed by atoms with E-state index in [0.29, 0.717) is 18.3 Å². The van der Waals surface area contributed by atoms with Crippen molar-refractivity contribution < 1.29 is 31.2 Å². The molecule has 0 aromatic carbocycles. The number of carbonyl (C=O) groups excluding carboxylic acids is 2. The molecule has 0 saturated carbocycles. The third-order valence-corrected chi connectivity index (χ3v) is 3.86. The van der Waals surface area contributed by atoms with E-state index in [1.54, 1.807) is 5.32 Å².